The van der Waals surface area contributed by atoms with Gasteiger partial charge in [-0.25, -0.2) is 0 Å². The third-order valence-electron chi connectivity index (χ3n) is 3.57. The van der Waals surface area contributed by atoms with E-state index in [4.69, 9.17) is 9.84 Å². The number of carboxylic acid groups (broad SMARTS) is 1. The highest BCUT2D eigenvalue weighted by Crippen LogP contribution is 2.65. The van der Waals surface area contributed by atoms with Gasteiger partial charge in [-0.05, 0) is 17.0 Å². The smallest absolute Gasteiger partial charge is 0.307 e. The minimum atomic E-state index is -0.721. The van der Waals surface area contributed by atoms with Gasteiger partial charge in [0.25, 0.3) is 0 Å². The van der Waals surface area contributed by atoms with Gasteiger partial charge in [-0.3, -0.25) is 4.79 Å². The quantitative estimate of drug-likeness (QED) is 0.851. The van der Waals surface area contributed by atoms with Crippen molar-refractivity contribution in [3.8, 4) is 5.75 Å². The van der Waals surface area contributed by atoms with Crippen molar-refractivity contribution in [3.63, 3.8) is 0 Å². The van der Waals surface area contributed by atoms with Crippen LogP contribution in [-0.4, -0.2) is 18.2 Å². The van der Waals surface area contributed by atoms with E-state index in [0.717, 1.165) is 11.3 Å². The van der Waals surface area contributed by atoms with Crippen molar-refractivity contribution in [2.24, 2.45) is 11.3 Å². The molecule has 0 radical (unpaired) electrons. The number of para-hydroxylation sites is 1. The third kappa shape index (κ3) is 1.47. The number of carboxylic acids is 1. The summed E-state index contributed by atoms with van der Waals surface area (Å²) in [5.41, 5.74) is 0.822. The summed E-state index contributed by atoms with van der Waals surface area (Å²) in [6, 6.07) is 7.65. The highest BCUT2D eigenvalue weighted by Gasteiger charge is 2.63. The molecule has 1 N–H and O–H groups in total. The summed E-state index contributed by atoms with van der Waals surface area (Å²) in [6.07, 6.45) is 0. The first-order valence-electron chi connectivity index (χ1n) is 5.36. The molecule has 0 aromatic heterocycles. The summed E-state index contributed by atoms with van der Waals surface area (Å²) in [7, 11) is 1.62. The predicted molar refractivity (Wildman–Crippen MR) is 60.6 cm³/mol. The topological polar surface area (TPSA) is 46.5 Å². The molecule has 1 aliphatic rings. The average molecular weight is 220 g/mol. The van der Waals surface area contributed by atoms with Gasteiger partial charge in [-0.15, -0.1) is 0 Å². The number of ether oxygens (including phenoxy) is 1. The Bertz CT molecular complexity index is 423. The molecule has 0 unspecified atom stereocenters. The van der Waals surface area contributed by atoms with Crippen LogP contribution in [0.15, 0.2) is 24.3 Å². The van der Waals surface area contributed by atoms with Gasteiger partial charge < -0.3 is 9.84 Å². The molecular weight excluding hydrogens is 204 g/mol. The Labute approximate surface area is 95.0 Å². The molecule has 1 saturated carbocycles. The van der Waals surface area contributed by atoms with Crippen LogP contribution < -0.4 is 4.74 Å². The first-order chi connectivity index (χ1) is 7.50. The van der Waals surface area contributed by atoms with E-state index >= 15 is 0 Å². The Morgan fingerprint density at radius 3 is 2.50 bits per heavy atom. The molecule has 16 heavy (non-hydrogen) atoms. The number of carbonyl (C=O) groups is 1. The minimum Gasteiger partial charge on any atom is -0.496 e. The average Bonchev–Trinajstić information content (AvgIpc) is 2.81. The first kappa shape index (κ1) is 11.0. The second-order valence-corrected chi connectivity index (χ2v) is 4.86. The van der Waals surface area contributed by atoms with Crippen LogP contribution in [-0.2, 0) is 4.79 Å². The number of aliphatic carboxylic acids is 1. The van der Waals surface area contributed by atoms with E-state index in [1.807, 2.05) is 38.1 Å². The summed E-state index contributed by atoms with van der Waals surface area (Å²) in [5, 5.41) is 9.14. The maximum atomic E-state index is 11.1. The Balaban J connectivity index is 2.37. The zero-order valence-corrected chi connectivity index (χ0v) is 9.73. The molecule has 0 saturated heterocycles. The van der Waals surface area contributed by atoms with Crippen LogP contribution in [0.4, 0.5) is 0 Å². The maximum Gasteiger partial charge on any atom is 0.307 e. The van der Waals surface area contributed by atoms with E-state index in [1.54, 1.807) is 7.11 Å². The largest absolute Gasteiger partial charge is 0.496 e. The second-order valence-electron chi connectivity index (χ2n) is 4.86. The lowest BCUT2D eigenvalue weighted by Crippen LogP contribution is -2.03. The molecule has 2 rings (SSSR count). The fourth-order valence-corrected chi connectivity index (χ4v) is 2.60. The summed E-state index contributed by atoms with van der Waals surface area (Å²) >= 11 is 0. The normalized spacial score (nSPS) is 26.2. The molecule has 1 fully saturated rings. The maximum absolute atomic E-state index is 11.1. The molecule has 3 nitrogen and oxygen atoms in total. The van der Waals surface area contributed by atoms with Crippen LogP contribution in [0.2, 0.25) is 0 Å². The molecule has 0 heterocycles. The number of rotatable bonds is 3. The monoisotopic (exact) mass is 220 g/mol. The van der Waals surface area contributed by atoms with Gasteiger partial charge in [0, 0.05) is 5.92 Å². The van der Waals surface area contributed by atoms with Crippen LogP contribution in [0, 0.1) is 11.3 Å². The highest BCUT2D eigenvalue weighted by atomic mass is 16.5. The van der Waals surface area contributed by atoms with Gasteiger partial charge in [0.05, 0.1) is 13.0 Å². The van der Waals surface area contributed by atoms with Crippen molar-refractivity contribution < 1.29 is 14.6 Å². The molecule has 3 heteroatoms. The summed E-state index contributed by atoms with van der Waals surface area (Å²) in [6.45, 7) is 3.98. The summed E-state index contributed by atoms with van der Waals surface area (Å²) < 4.78 is 5.28. The zero-order valence-electron chi connectivity index (χ0n) is 9.73. The summed E-state index contributed by atoms with van der Waals surface area (Å²) in [4.78, 5) is 11.1. The van der Waals surface area contributed by atoms with Crippen molar-refractivity contribution in [2.75, 3.05) is 7.11 Å². The Morgan fingerprint density at radius 1 is 1.38 bits per heavy atom. The first-order valence-corrected chi connectivity index (χ1v) is 5.36. The van der Waals surface area contributed by atoms with Gasteiger partial charge in [0.15, 0.2) is 0 Å². The van der Waals surface area contributed by atoms with E-state index in [9.17, 15) is 4.79 Å². The van der Waals surface area contributed by atoms with E-state index < -0.39 is 5.97 Å². The molecule has 0 bridgehead atoms. The molecule has 1 aromatic rings. The lowest BCUT2D eigenvalue weighted by Gasteiger charge is -2.08. The molecule has 1 aliphatic carbocycles. The highest BCUT2D eigenvalue weighted by molar-refractivity contribution is 5.78. The minimum absolute atomic E-state index is 0.0566. The number of hydrogen-bond acceptors (Lipinski definition) is 2. The predicted octanol–water partition coefficient (Wildman–Crippen LogP) is 2.52. The molecular formula is C13H16O3. The number of methoxy groups -OCH3 is 1. The lowest BCUT2D eigenvalue weighted by molar-refractivity contribution is -0.139. The fourth-order valence-electron chi connectivity index (χ4n) is 2.60. The molecule has 0 aliphatic heterocycles. The second kappa shape index (κ2) is 3.51. The SMILES string of the molecule is COc1ccccc1[C@H]1[C@H](C(=O)O)C1(C)C. The van der Waals surface area contributed by atoms with Gasteiger partial charge in [-0.1, -0.05) is 32.0 Å². The van der Waals surface area contributed by atoms with Crippen molar-refractivity contribution in [1.82, 2.24) is 0 Å². The van der Waals surface area contributed by atoms with E-state index in [2.05, 4.69) is 0 Å². The van der Waals surface area contributed by atoms with E-state index in [1.165, 1.54) is 0 Å². The molecule has 2 atom stereocenters. The van der Waals surface area contributed by atoms with Crippen molar-refractivity contribution in [1.29, 1.82) is 0 Å². The number of hydrogen-bond donors (Lipinski definition) is 1. The third-order valence-corrected chi connectivity index (χ3v) is 3.57. The van der Waals surface area contributed by atoms with Gasteiger partial charge >= 0.3 is 5.97 Å². The van der Waals surface area contributed by atoms with Crippen LogP contribution in [0.25, 0.3) is 0 Å². The number of benzene rings is 1. The Hall–Kier alpha value is -1.51. The van der Waals surface area contributed by atoms with Crippen molar-refractivity contribution >= 4 is 5.97 Å². The van der Waals surface area contributed by atoms with Crippen LogP contribution in [0.1, 0.15) is 25.3 Å². The van der Waals surface area contributed by atoms with Crippen LogP contribution >= 0.6 is 0 Å². The van der Waals surface area contributed by atoms with Gasteiger partial charge in [0.1, 0.15) is 5.75 Å². The molecule has 0 spiro atoms. The molecule has 0 amide bonds. The molecule has 86 valence electrons. The fraction of sp³-hybridized carbons (Fsp3) is 0.462. The zero-order chi connectivity index (χ0) is 11.9. The summed E-state index contributed by atoms with van der Waals surface area (Å²) in [5.74, 6) is -0.185. The van der Waals surface area contributed by atoms with Crippen LogP contribution in [0.3, 0.4) is 0 Å². The van der Waals surface area contributed by atoms with E-state index in [0.29, 0.717) is 0 Å². The van der Waals surface area contributed by atoms with Gasteiger partial charge in [0.2, 0.25) is 0 Å². The standard InChI is InChI=1S/C13H16O3/c1-13(2)10(11(13)12(14)15)8-6-4-5-7-9(8)16-3/h4-7,10-11H,1-3H3,(H,14,15)/t10-,11+/m0/s1. The van der Waals surface area contributed by atoms with E-state index in [-0.39, 0.29) is 17.3 Å². The Kier molecular flexibility index (Phi) is 2.41. The van der Waals surface area contributed by atoms with Crippen molar-refractivity contribution in [3.05, 3.63) is 29.8 Å². The Morgan fingerprint density at radius 2 is 2.00 bits per heavy atom. The van der Waals surface area contributed by atoms with Crippen LogP contribution in [0.5, 0.6) is 5.75 Å². The van der Waals surface area contributed by atoms with Gasteiger partial charge in [-0.2, -0.15) is 0 Å². The lowest BCUT2D eigenvalue weighted by atomic mass is 10.0. The molecule has 1 aromatic carbocycles. The van der Waals surface area contributed by atoms with Crippen molar-refractivity contribution in [2.45, 2.75) is 19.8 Å².